The number of aromatic nitrogens is 4. The monoisotopic (exact) mass is 360 g/mol. The topological polar surface area (TPSA) is 84.7 Å². The summed E-state index contributed by atoms with van der Waals surface area (Å²) in [6, 6.07) is 9.26. The molecule has 0 radical (unpaired) electrons. The van der Waals surface area contributed by atoms with Gasteiger partial charge in [0.05, 0.1) is 5.57 Å². The normalized spacial score (nSPS) is 15.9. The van der Waals surface area contributed by atoms with Crippen LogP contribution < -0.4 is 10.6 Å². The maximum atomic E-state index is 13.3. The molecule has 7 nitrogen and oxygen atoms in total. The molecule has 2 N–H and O–H groups in total. The Morgan fingerprint density at radius 3 is 2.81 bits per heavy atom. The van der Waals surface area contributed by atoms with E-state index in [1.54, 1.807) is 17.1 Å². The van der Waals surface area contributed by atoms with Crippen LogP contribution in [-0.2, 0) is 4.79 Å². The third kappa shape index (κ3) is 2.97. The predicted molar refractivity (Wildman–Crippen MR) is 103 cm³/mol. The highest BCUT2D eigenvalue weighted by Gasteiger charge is 2.33. The molecule has 27 heavy (non-hydrogen) atoms. The van der Waals surface area contributed by atoms with E-state index in [0.717, 1.165) is 28.1 Å². The zero-order valence-corrected chi connectivity index (χ0v) is 15.4. The number of allylic oxidation sites excluding steroid dienone is 1. The van der Waals surface area contributed by atoms with Gasteiger partial charge >= 0.3 is 0 Å². The summed E-state index contributed by atoms with van der Waals surface area (Å²) >= 11 is 0. The predicted octanol–water partition coefficient (Wildman–Crippen LogP) is 3.22. The number of rotatable bonds is 3. The lowest BCUT2D eigenvalue weighted by Gasteiger charge is -2.28. The van der Waals surface area contributed by atoms with Crippen molar-refractivity contribution in [2.24, 2.45) is 0 Å². The van der Waals surface area contributed by atoms with Crippen LogP contribution >= 0.6 is 0 Å². The molecule has 4 rings (SSSR count). The molecule has 1 atom stereocenters. The van der Waals surface area contributed by atoms with Crippen molar-refractivity contribution in [3.63, 3.8) is 0 Å². The lowest BCUT2D eigenvalue weighted by atomic mass is 9.96. The van der Waals surface area contributed by atoms with E-state index in [1.807, 2.05) is 51.1 Å². The average Bonchev–Trinajstić information content (AvgIpc) is 3.13. The quantitative estimate of drug-likeness (QED) is 0.749. The lowest BCUT2D eigenvalue weighted by molar-refractivity contribution is -0.113. The molecule has 1 aliphatic rings. The molecule has 0 aliphatic carbocycles. The number of aryl methyl sites for hydroxylation is 1. The van der Waals surface area contributed by atoms with Gasteiger partial charge in [-0.05, 0) is 49.6 Å². The van der Waals surface area contributed by atoms with Gasteiger partial charge in [-0.25, -0.2) is 4.68 Å². The number of nitrogens with zero attached hydrogens (tertiary/aromatic N) is 4. The van der Waals surface area contributed by atoms with Crippen molar-refractivity contribution in [2.45, 2.75) is 26.8 Å². The van der Waals surface area contributed by atoms with Gasteiger partial charge in [0.1, 0.15) is 12.4 Å². The second-order valence-corrected chi connectivity index (χ2v) is 6.58. The first-order valence-electron chi connectivity index (χ1n) is 8.71. The Balaban J connectivity index is 1.77. The molecular weight excluding hydrogens is 340 g/mol. The van der Waals surface area contributed by atoms with E-state index in [-0.39, 0.29) is 5.91 Å². The van der Waals surface area contributed by atoms with Crippen LogP contribution in [0.2, 0.25) is 0 Å². The van der Waals surface area contributed by atoms with Crippen LogP contribution in [0.3, 0.4) is 0 Å². The molecule has 2 aromatic heterocycles. The Kier molecular flexibility index (Phi) is 4.19. The molecule has 0 saturated heterocycles. The first-order valence-corrected chi connectivity index (χ1v) is 8.71. The van der Waals surface area contributed by atoms with Gasteiger partial charge in [-0.1, -0.05) is 18.2 Å². The third-order valence-electron chi connectivity index (χ3n) is 4.89. The number of benzene rings is 1. The van der Waals surface area contributed by atoms with Crippen LogP contribution in [0.1, 0.15) is 29.7 Å². The van der Waals surface area contributed by atoms with E-state index < -0.39 is 6.04 Å². The smallest absolute Gasteiger partial charge is 0.255 e. The number of nitrogens with one attached hydrogen (secondary N) is 2. The Bertz CT molecular complexity index is 1040. The number of anilines is 2. The molecular formula is C20H20N6O. The minimum Gasteiger partial charge on any atom is -0.328 e. The van der Waals surface area contributed by atoms with E-state index in [9.17, 15) is 4.79 Å². The molecule has 0 fully saturated rings. The summed E-state index contributed by atoms with van der Waals surface area (Å²) in [6.07, 6.45) is 4.93. The zero-order valence-electron chi connectivity index (χ0n) is 15.4. The van der Waals surface area contributed by atoms with Crippen LogP contribution in [0, 0.1) is 13.8 Å². The number of hydrogen-bond acceptors (Lipinski definition) is 5. The number of pyridine rings is 1. The van der Waals surface area contributed by atoms with Gasteiger partial charge in [0.15, 0.2) is 0 Å². The highest BCUT2D eigenvalue weighted by molar-refractivity contribution is 6.06. The van der Waals surface area contributed by atoms with Gasteiger partial charge in [-0.3, -0.25) is 9.78 Å². The Morgan fingerprint density at radius 1 is 1.19 bits per heavy atom. The van der Waals surface area contributed by atoms with Crippen molar-refractivity contribution >= 4 is 17.5 Å². The summed E-state index contributed by atoms with van der Waals surface area (Å²) in [5, 5.41) is 10.5. The van der Waals surface area contributed by atoms with Crippen molar-refractivity contribution in [3.8, 4) is 0 Å². The van der Waals surface area contributed by atoms with E-state index in [1.165, 1.54) is 6.33 Å². The molecule has 1 aromatic carbocycles. The molecule has 3 heterocycles. The number of fused-ring (bicyclic) bond motifs is 1. The van der Waals surface area contributed by atoms with E-state index in [4.69, 9.17) is 0 Å². The molecule has 136 valence electrons. The Hall–Kier alpha value is -3.48. The van der Waals surface area contributed by atoms with Gasteiger partial charge in [0.2, 0.25) is 5.95 Å². The van der Waals surface area contributed by atoms with Gasteiger partial charge < -0.3 is 10.6 Å². The van der Waals surface area contributed by atoms with E-state index in [0.29, 0.717) is 11.5 Å². The van der Waals surface area contributed by atoms with Gasteiger partial charge in [-0.15, -0.1) is 0 Å². The fraction of sp³-hybridized carbons (Fsp3) is 0.200. The minimum absolute atomic E-state index is 0.177. The fourth-order valence-corrected chi connectivity index (χ4v) is 3.31. The van der Waals surface area contributed by atoms with Crippen molar-refractivity contribution in [1.82, 2.24) is 19.7 Å². The largest absolute Gasteiger partial charge is 0.328 e. The SMILES string of the molecule is CC1=C(C(=O)Nc2cccc(C)c2C)C(c2cccnc2)n2ncnc2N1. The molecule has 1 amide bonds. The third-order valence-corrected chi connectivity index (χ3v) is 4.89. The molecule has 3 aromatic rings. The number of carbonyl (C=O) groups is 1. The second kappa shape index (κ2) is 6.68. The van der Waals surface area contributed by atoms with Crippen LogP contribution in [0.25, 0.3) is 0 Å². The molecule has 0 bridgehead atoms. The fourth-order valence-electron chi connectivity index (χ4n) is 3.31. The molecule has 0 saturated carbocycles. The van der Waals surface area contributed by atoms with Gasteiger partial charge in [0.25, 0.3) is 5.91 Å². The Morgan fingerprint density at radius 2 is 2.04 bits per heavy atom. The lowest BCUT2D eigenvalue weighted by Crippen LogP contribution is -2.31. The Labute approximate surface area is 157 Å². The summed E-state index contributed by atoms with van der Waals surface area (Å²) < 4.78 is 1.71. The first kappa shape index (κ1) is 17.0. The highest BCUT2D eigenvalue weighted by Crippen LogP contribution is 2.35. The first-order chi connectivity index (χ1) is 13.1. The summed E-state index contributed by atoms with van der Waals surface area (Å²) in [4.78, 5) is 21.7. The second-order valence-electron chi connectivity index (χ2n) is 6.58. The van der Waals surface area contributed by atoms with Crippen molar-refractivity contribution in [1.29, 1.82) is 0 Å². The maximum absolute atomic E-state index is 13.3. The van der Waals surface area contributed by atoms with Crippen molar-refractivity contribution in [2.75, 3.05) is 10.6 Å². The van der Waals surface area contributed by atoms with Crippen molar-refractivity contribution in [3.05, 3.63) is 77.0 Å². The van der Waals surface area contributed by atoms with E-state index >= 15 is 0 Å². The highest BCUT2D eigenvalue weighted by atomic mass is 16.1. The molecule has 1 unspecified atom stereocenters. The van der Waals surface area contributed by atoms with Crippen LogP contribution in [0.15, 0.2) is 60.3 Å². The van der Waals surface area contributed by atoms with E-state index in [2.05, 4.69) is 25.7 Å². The maximum Gasteiger partial charge on any atom is 0.255 e. The number of amides is 1. The summed E-state index contributed by atoms with van der Waals surface area (Å²) in [6.45, 7) is 5.90. The standard InChI is InChI=1S/C20H20N6O/c1-12-6-4-8-16(13(12)2)25-19(27)17-14(3)24-20-22-11-23-26(20)18(17)15-7-5-9-21-10-15/h4-11,18H,1-3H3,(H,25,27)(H,22,23,24). The van der Waals surface area contributed by atoms with Gasteiger partial charge in [-0.2, -0.15) is 10.1 Å². The minimum atomic E-state index is -0.400. The summed E-state index contributed by atoms with van der Waals surface area (Å²) in [7, 11) is 0. The number of carbonyl (C=O) groups excluding carboxylic acids is 1. The number of hydrogen-bond donors (Lipinski definition) is 2. The molecule has 7 heteroatoms. The van der Waals surface area contributed by atoms with Crippen molar-refractivity contribution < 1.29 is 4.79 Å². The molecule has 0 spiro atoms. The van der Waals surface area contributed by atoms with Gasteiger partial charge in [0, 0.05) is 23.8 Å². The average molecular weight is 360 g/mol. The van der Waals surface area contributed by atoms with Crippen LogP contribution in [-0.4, -0.2) is 25.7 Å². The zero-order chi connectivity index (χ0) is 19.0. The van der Waals surface area contributed by atoms with Crippen LogP contribution in [0.4, 0.5) is 11.6 Å². The molecule has 1 aliphatic heterocycles. The summed E-state index contributed by atoms with van der Waals surface area (Å²) in [5.74, 6) is 0.424. The summed E-state index contributed by atoms with van der Waals surface area (Å²) in [5.41, 5.74) is 5.18. The van der Waals surface area contributed by atoms with Crippen LogP contribution in [0.5, 0.6) is 0 Å².